The Balaban J connectivity index is 1.78. The normalized spacial score (nSPS) is 19.2. The van der Waals surface area contributed by atoms with E-state index in [1.807, 2.05) is 11.4 Å². The van der Waals surface area contributed by atoms with E-state index < -0.39 is 12.0 Å². The van der Waals surface area contributed by atoms with Crippen molar-refractivity contribution in [1.82, 2.24) is 14.9 Å². The molecular weight excluding hydrogens is 328 g/mol. The van der Waals surface area contributed by atoms with Crippen molar-refractivity contribution in [2.24, 2.45) is 5.92 Å². The molecule has 1 fully saturated rings. The van der Waals surface area contributed by atoms with Crippen molar-refractivity contribution in [3.05, 3.63) is 17.8 Å². The molecule has 7 nitrogen and oxygen atoms in total. The van der Waals surface area contributed by atoms with Crippen LogP contribution in [-0.4, -0.2) is 58.0 Å². The summed E-state index contributed by atoms with van der Waals surface area (Å²) in [5.74, 6) is -0.471. The van der Waals surface area contributed by atoms with Gasteiger partial charge in [0, 0.05) is 20.1 Å². The van der Waals surface area contributed by atoms with Crippen molar-refractivity contribution in [3.8, 4) is 0 Å². The Labute approximate surface area is 143 Å². The zero-order valence-electron chi connectivity index (χ0n) is 13.7. The van der Waals surface area contributed by atoms with Gasteiger partial charge in [0.1, 0.15) is 23.0 Å². The zero-order chi connectivity index (χ0) is 17.3. The number of likely N-dealkylation sites (N-methyl/N-ethyl adjacent to an activating group) is 1. The first kappa shape index (κ1) is 16.6. The molecule has 3 rings (SSSR count). The van der Waals surface area contributed by atoms with E-state index in [4.69, 9.17) is 5.11 Å². The number of carbonyl (C=O) groups excluding carboxylic acids is 1. The van der Waals surface area contributed by atoms with Crippen molar-refractivity contribution < 1.29 is 14.7 Å². The number of hydrogen-bond acceptors (Lipinski definition) is 6. The largest absolute Gasteiger partial charge is 0.480 e. The summed E-state index contributed by atoms with van der Waals surface area (Å²) in [6.07, 6.45) is 3.20. The summed E-state index contributed by atoms with van der Waals surface area (Å²) in [6.45, 7) is 2.92. The van der Waals surface area contributed by atoms with Gasteiger partial charge >= 0.3 is 5.97 Å². The van der Waals surface area contributed by atoms with Gasteiger partial charge in [-0.25, -0.2) is 14.8 Å². The molecule has 2 atom stereocenters. The Kier molecular flexibility index (Phi) is 4.66. The van der Waals surface area contributed by atoms with Gasteiger partial charge in [-0.3, -0.25) is 4.79 Å². The Morgan fingerprint density at radius 1 is 1.46 bits per heavy atom. The first-order chi connectivity index (χ1) is 11.5. The maximum atomic E-state index is 12.6. The highest BCUT2D eigenvalue weighted by Gasteiger charge is 2.32. The Bertz CT molecular complexity index is 763. The van der Waals surface area contributed by atoms with Gasteiger partial charge < -0.3 is 14.9 Å². The van der Waals surface area contributed by atoms with Crippen LogP contribution < -0.4 is 4.90 Å². The number of hydrogen-bond donors (Lipinski definition) is 1. The van der Waals surface area contributed by atoms with E-state index in [-0.39, 0.29) is 11.8 Å². The standard InChI is InChI=1S/C16H20N4O3S/c1-10(16(22)23)19(2)15(21)11-4-3-6-20(8-11)13-12-5-7-24-14(12)18-9-17-13/h5,7,9-11H,3-4,6,8H2,1-2H3,(H,22,23)/t10-,11-/m1/s1. The van der Waals surface area contributed by atoms with Crippen molar-refractivity contribution in [3.63, 3.8) is 0 Å². The summed E-state index contributed by atoms with van der Waals surface area (Å²) in [6, 6.07) is 1.18. The van der Waals surface area contributed by atoms with Crippen LogP contribution in [0.4, 0.5) is 5.82 Å². The van der Waals surface area contributed by atoms with Crippen LogP contribution in [-0.2, 0) is 9.59 Å². The fourth-order valence-corrected chi connectivity index (χ4v) is 3.77. The van der Waals surface area contributed by atoms with Crippen LogP contribution in [0.3, 0.4) is 0 Å². The molecule has 2 aromatic heterocycles. The minimum Gasteiger partial charge on any atom is -0.480 e. The number of aliphatic carboxylic acids is 1. The quantitative estimate of drug-likeness (QED) is 0.907. The minimum absolute atomic E-state index is 0.120. The maximum Gasteiger partial charge on any atom is 0.326 e. The van der Waals surface area contributed by atoms with Crippen LogP contribution in [0.5, 0.6) is 0 Å². The van der Waals surface area contributed by atoms with E-state index in [0.29, 0.717) is 6.54 Å². The van der Waals surface area contributed by atoms with E-state index in [1.54, 1.807) is 24.7 Å². The van der Waals surface area contributed by atoms with E-state index in [9.17, 15) is 9.59 Å². The SMILES string of the molecule is C[C@H](C(=O)O)N(C)C(=O)[C@@H]1CCCN(c2ncnc3sccc23)C1. The molecule has 24 heavy (non-hydrogen) atoms. The van der Waals surface area contributed by atoms with Gasteiger partial charge in [-0.05, 0) is 31.2 Å². The Morgan fingerprint density at radius 2 is 2.25 bits per heavy atom. The molecule has 0 radical (unpaired) electrons. The zero-order valence-corrected chi connectivity index (χ0v) is 14.5. The molecule has 128 valence electrons. The molecule has 0 bridgehead atoms. The molecule has 1 amide bonds. The van der Waals surface area contributed by atoms with Crippen LogP contribution in [0.25, 0.3) is 10.2 Å². The number of aromatic nitrogens is 2. The summed E-state index contributed by atoms with van der Waals surface area (Å²) in [7, 11) is 1.56. The Morgan fingerprint density at radius 3 is 3.00 bits per heavy atom. The third-order valence-electron chi connectivity index (χ3n) is 4.60. The lowest BCUT2D eigenvalue weighted by Gasteiger charge is -2.35. The number of anilines is 1. The predicted octanol–water partition coefficient (Wildman–Crippen LogP) is 1.84. The molecule has 0 aromatic carbocycles. The highest BCUT2D eigenvalue weighted by Crippen LogP contribution is 2.30. The van der Waals surface area contributed by atoms with Crippen LogP contribution in [0.1, 0.15) is 19.8 Å². The van der Waals surface area contributed by atoms with E-state index >= 15 is 0 Å². The van der Waals surface area contributed by atoms with E-state index in [2.05, 4.69) is 14.9 Å². The van der Waals surface area contributed by atoms with Gasteiger partial charge in [0.05, 0.1) is 11.3 Å². The van der Waals surface area contributed by atoms with Crippen molar-refractivity contribution >= 4 is 39.2 Å². The lowest BCUT2D eigenvalue weighted by molar-refractivity contribution is -0.150. The topological polar surface area (TPSA) is 86.6 Å². The third-order valence-corrected chi connectivity index (χ3v) is 5.42. The number of amides is 1. The summed E-state index contributed by atoms with van der Waals surface area (Å²) >= 11 is 1.57. The van der Waals surface area contributed by atoms with Crippen molar-refractivity contribution in [2.45, 2.75) is 25.8 Å². The van der Waals surface area contributed by atoms with Gasteiger partial charge in [0.2, 0.25) is 5.91 Å². The number of rotatable bonds is 4. The minimum atomic E-state index is -0.991. The van der Waals surface area contributed by atoms with Gasteiger partial charge in [0.15, 0.2) is 0 Å². The lowest BCUT2D eigenvalue weighted by atomic mass is 9.96. The summed E-state index contributed by atoms with van der Waals surface area (Å²) in [5, 5.41) is 12.1. The molecule has 1 N–H and O–H groups in total. The summed E-state index contributed by atoms with van der Waals surface area (Å²) in [4.78, 5) is 36.8. The van der Waals surface area contributed by atoms with Gasteiger partial charge in [-0.15, -0.1) is 11.3 Å². The molecule has 0 aliphatic carbocycles. The van der Waals surface area contributed by atoms with E-state index in [0.717, 1.165) is 35.4 Å². The first-order valence-corrected chi connectivity index (χ1v) is 8.79. The fraction of sp³-hybridized carbons (Fsp3) is 0.500. The number of thiophene rings is 1. The monoisotopic (exact) mass is 348 g/mol. The molecule has 1 aliphatic heterocycles. The second-order valence-corrected chi connectivity index (χ2v) is 6.98. The number of fused-ring (bicyclic) bond motifs is 1. The molecule has 2 aromatic rings. The summed E-state index contributed by atoms with van der Waals surface area (Å²) < 4.78 is 0. The summed E-state index contributed by atoms with van der Waals surface area (Å²) in [5.41, 5.74) is 0. The fourth-order valence-electron chi connectivity index (χ4n) is 3.04. The lowest BCUT2D eigenvalue weighted by Crippen LogP contribution is -2.48. The van der Waals surface area contributed by atoms with Crippen molar-refractivity contribution in [1.29, 1.82) is 0 Å². The van der Waals surface area contributed by atoms with Crippen LogP contribution in [0, 0.1) is 5.92 Å². The second kappa shape index (κ2) is 6.72. The molecule has 0 saturated carbocycles. The smallest absolute Gasteiger partial charge is 0.326 e. The molecule has 3 heterocycles. The van der Waals surface area contributed by atoms with E-state index in [1.165, 1.54) is 11.8 Å². The van der Waals surface area contributed by atoms with Gasteiger partial charge in [0.25, 0.3) is 0 Å². The highest BCUT2D eigenvalue weighted by molar-refractivity contribution is 7.16. The average Bonchev–Trinajstić information content (AvgIpc) is 3.08. The molecule has 1 saturated heterocycles. The molecule has 0 spiro atoms. The molecule has 0 unspecified atom stereocenters. The second-order valence-electron chi connectivity index (χ2n) is 6.09. The molecule has 1 aliphatic rings. The number of carboxylic acids is 1. The van der Waals surface area contributed by atoms with Crippen LogP contribution in [0.15, 0.2) is 17.8 Å². The number of piperidine rings is 1. The molecule has 8 heteroatoms. The Hall–Kier alpha value is -2.22. The van der Waals surface area contributed by atoms with Crippen LogP contribution >= 0.6 is 11.3 Å². The molecular formula is C16H20N4O3S. The third kappa shape index (κ3) is 3.06. The maximum absolute atomic E-state index is 12.6. The number of carbonyl (C=O) groups is 2. The van der Waals surface area contributed by atoms with Crippen molar-refractivity contribution in [2.75, 3.05) is 25.0 Å². The number of carboxylic acid groups (broad SMARTS) is 1. The highest BCUT2D eigenvalue weighted by atomic mass is 32.1. The first-order valence-electron chi connectivity index (χ1n) is 7.91. The average molecular weight is 348 g/mol. The van der Waals surface area contributed by atoms with Gasteiger partial charge in [-0.1, -0.05) is 0 Å². The van der Waals surface area contributed by atoms with Crippen LogP contribution in [0.2, 0.25) is 0 Å². The predicted molar refractivity (Wildman–Crippen MR) is 92.2 cm³/mol. The number of nitrogens with zero attached hydrogens (tertiary/aromatic N) is 4. The van der Waals surface area contributed by atoms with Gasteiger partial charge in [-0.2, -0.15) is 0 Å².